The van der Waals surface area contributed by atoms with Gasteiger partial charge in [-0.2, -0.15) is 8.42 Å². The van der Waals surface area contributed by atoms with E-state index in [9.17, 15) is 13.2 Å². The predicted molar refractivity (Wildman–Crippen MR) is 132 cm³/mol. The van der Waals surface area contributed by atoms with Gasteiger partial charge in [0.2, 0.25) is 0 Å². The van der Waals surface area contributed by atoms with Crippen LogP contribution >= 0.6 is 24.0 Å². The lowest BCUT2D eigenvalue weighted by Crippen LogP contribution is -2.27. The Labute approximate surface area is 196 Å². The summed E-state index contributed by atoms with van der Waals surface area (Å²) in [5.41, 5.74) is 3.01. The second-order valence-corrected chi connectivity index (χ2v) is 10.5. The number of hydrogen-bond donors (Lipinski definition) is 0. The summed E-state index contributed by atoms with van der Waals surface area (Å²) in [6, 6.07) is 20.7. The number of thioether (sulfide) groups is 1. The number of thiocarbonyl (C=S) groups is 1. The van der Waals surface area contributed by atoms with Crippen molar-refractivity contribution in [3.63, 3.8) is 0 Å². The number of benzene rings is 3. The Morgan fingerprint density at radius 3 is 2.28 bits per heavy atom. The second kappa shape index (κ2) is 8.90. The van der Waals surface area contributed by atoms with E-state index in [1.165, 1.54) is 28.8 Å². The molecule has 1 heterocycles. The number of carbonyl (C=O) groups is 1. The summed E-state index contributed by atoms with van der Waals surface area (Å²) >= 11 is 6.58. The van der Waals surface area contributed by atoms with Crippen LogP contribution in [0.15, 0.2) is 82.6 Å². The maximum Gasteiger partial charge on any atom is 0.339 e. The van der Waals surface area contributed by atoms with Gasteiger partial charge in [0.25, 0.3) is 5.91 Å². The molecule has 1 aliphatic rings. The second-order valence-electron chi connectivity index (χ2n) is 7.24. The van der Waals surface area contributed by atoms with Crippen molar-refractivity contribution in [1.82, 2.24) is 0 Å². The van der Waals surface area contributed by atoms with Gasteiger partial charge in [0.1, 0.15) is 10.6 Å². The first-order chi connectivity index (χ1) is 15.2. The van der Waals surface area contributed by atoms with Crippen LogP contribution in [0, 0.1) is 13.8 Å². The van der Waals surface area contributed by atoms with E-state index in [4.69, 9.17) is 16.4 Å². The smallest absolute Gasteiger partial charge is 0.339 e. The highest BCUT2D eigenvalue weighted by atomic mass is 32.2. The van der Waals surface area contributed by atoms with Crippen LogP contribution in [-0.2, 0) is 14.9 Å². The van der Waals surface area contributed by atoms with Crippen molar-refractivity contribution in [3.8, 4) is 5.75 Å². The van der Waals surface area contributed by atoms with E-state index in [1.54, 1.807) is 36.4 Å². The molecule has 1 aliphatic heterocycles. The van der Waals surface area contributed by atoms with E-state index in [0.29, 0.717) is 20.5 Å². The number of hydrogen-bond acceptors (Lipinski definition) is 6. The van der Waals surface area contributed by atoms with Crippen molar-refractivity contribution < 1.29 is 17.4 Å². The molecule has 4 rings (SSSR count). The summed E-state index contributed by atoms with van der Waals surface area (Å²) in [5.74, 6) is -0.124. The van der Waals surface area contributed by atoms with Gasteiger partial charge < -0.3 is 4.18 Å². The minimum Gasteiger partial charge on any atom is -0.378 e. The molecule has 3 aromatic carbocycles. The molecule has 1 fully saturated rings. The first-order valence-corrected chi connectivity index (χ1v) is 12.3. The third-order valence-corrected chi connectivity index (χ3v) is 7.32. The maximum atomic E-state index is 13.0. The van der Waals surface area contributed by atoms with Gasteiger partial charge in [0, 0.05) is 5.56 Å². The molecule has 162 valence electrons. The maximum absolute atomic E-state index is 13.0. The van der Waals surface area contributed by atoms with Crippen LogP contribution in [0.1, 0.15) is 16.7 Å². The van der Waals surface area contributed by atoms with Gasteiger partial charge in [-0.25, -0.2) is 0 Å². The molecule has 0 spiro atoms. The Hall–Kier alpha value is -2.94. The molecule has 0 unspecified atom stereocenters. The first-order valence-electron chi connectivity index (χ1n) is 9.69. The van der Waals surface area contributed by atoms with E-state index in [0.717, 1.165) is 11.1 Å². The third-order valence-electron chi connectivity index (χ3n) is 4.77. The molecule has 0 atom stereocenters. The summed E-state index contributed by atoms with van der Waals surface area (Å²) in [6.45, 7) is 3.76. The van der Waals surface area contributed by atoms with E-state index in [-0.39, 0.29) is 16.6 Å². The Balaban J connectivity index is 1.69. The van der Waals surface area contributed by atoms with Gasteiger partial charge in [-0.15, -0.1) is 0 Å². The van der Waals surface area contributed by atoms with Crippen molar-refractivity contribution in [2.75, 3.05) is 4.90 Å². The minimum absolute atomic E-state index is 0.0602. The van der Waals surface area contributed by atoms with Gasteiger partial charge in [0.05, 0.1) is 10.6 Å². The number of carbonyl (C=O) groups excluding carboxylic acids is 1. The molecule has 0 N–H and O–H groups in total. The third kappa shape index (κ3) is 4.62. The molecule has 5 nitrogen and oxygen atoms in total. The Bertz CT molecular complexity index is 1330. The lowest BCUT2D eigenvalue weighted by Gasteiger charge is -2.14. The Morgan fingerprint density at radius 1 is 0.938 bits per heavy atom. The van der Waals surface area contributed by atoms with Crippen LogP contribution in [0.2, 0.25) is 0 Å². The number of rotatable bonds is 5. The highest BCUT2D eigenvalue weighted by molar-refractivity contribution is 8.27. The zero-order valence-corrected chi connectivity index (χ0v) is 19.8. The summed E-state index contributed by atoms with van der Waals surface area (Å²) in [6.07, 6.45) is 1.62. The van der Waals surface area contributed by atoms with Crippen molar-refractivity contribution >= 4 is 56.1 Å². The van der Waals surface area contributed by atoms with Crippen LogP contribution in [0.5, 0.6) is 5.75 Å². The summed E-state index contributed by atoms with van der Waals surface area (Å²) in [4.78, 5) is 15.0. The Kier molecular flexibility index (Phi) is 6.19. The monoisotopic (exact) mass is 481 g/mol. The Morgan fingerprint density at radius 2 is 1.59 bits per heavy atom. The largest absolute Gasteiger partial charge is 0.378 e. The molecule has 32 heavy (non-hydrogen) atoms. The highest BCUT2D eigenvalue weighted by Gasteiger charge is 2.33. The number of nitrogens with zero attached hydrogens (tertiary/aromatic N) is 1. The first kappa shape index (κ1) is 22.3. The fourth-order valence-electron chi connectivity index (χ4n) is 3.14. The van der Waals surface area contributed by atoms with Gasteiger partial charge in [-0.1, -0.05) is 71.5 Å². The number of para-hydroxylation sites is 1. The van der Waals surface area contributed by atoms with Crippen LogP contribution in [0.25, 0.3) is 6.08 Å². The van der Waals surface area contributed by atoms with Gasteiger partial charge in [-0.05, 0) is 56.3 Å². The number of aryl methyl sites for hydroxylation is 2. The van der Waals surface area contributed by atoms with Crippen LogP contribution < -0.4 is 9.08 Å². The molecular weight excluding hydrogens is 462 g/mol. The topological polar surface area (TPSA) is 63.7 Å². The summed E-state index contributed by atoms with van der Waals surface area (Å²) < 4.78 is 31.5. The normalized spacial score (nSPS) is 15.4. The molecule has 0 radical (unpaired) electrons. The average molecular weight is 482 g/mol. The molecule has 1 amide bonds. The molecule has 0 aromatic heterocycles. The molecule has 0 bridgehead atoms. The van der Waals surface area contributed by atoms with Crippen molar-refractivity contribution in [3.05, 3.63) is 94.4 Å². The van der Waals surface area contributed by atoms with E-state index < -0.39 is 10.1 Å². The van der Waals surface area contributed by atoms with Crippen molar-refractivity contribution in [2.45, 2.75) is 18.7 Å². The lowest BCUT2D eigenvalue weighted by molar-refractivity contribution is -0.113. The molecular formula is C24H19NO4S3. The standard InChI is InChI=1S/C24H19NO4S3/c1-16-8-11-20(12-9-16)32(27,28)29-21-13-10-17(2)14-18(21)15-22-23(26)25(24(30)31-22)19-6-4-3-5-7-19/h3-15H,1-2H3. The minimum atomic E-state index is -4.03. The molecule has 1 saturated heterocycles. The number of anilines is 1. The van der Waals surface area contributed by atoms with Gasteiger partial charge in [-0.3, -0.25) is 9.69 Å². The zero-order valence-electron chi connectivity index (χ0n) is 17.3. The fraction of sp³-hybridized carbons (Fsp3) is 0.0833. The quantitative estimate of drug-likeness (QED) is 0.273. The SMILES string of the molecule is Cc1ccc(S(=O)(=O)Oc2ccc(C)cc2C=C2SC(=S)N(c3ccccc3)C2=O)cc1. The van der Waals surface area contributed by atoms with Crippen LogP contribution in [-0.4, -0.2) is 18.6 Å². The van der Waals surface area contributed by atoms with Gasteiger partial charge in [0.15, 0.2) is 4.32 Å². The lowest BCUT2D eigenvalue weighted by atomic mass is 10.1. The summed E-state index contributed by atoms with van der Waals surface area (Å²) in [5, 5.41) is 0. The number of amides is 1. The molecule has 0 aliphatic carbocycles. The van der Waals surface area contributed by atoms with E-state index in [1.807, 2.05) is 44.2 Å². The fourth-order valence-corrected chi connectivity index (χ4v) is 5.38. The van der Waals surface area contributed by atoms with Crippen LogP contribution in [0.3, 0.4) is 0 Å². The van der Waals surface area contributed by atoms with Crippen LogP contribution in [0.4, 0.5) is 5.69 Å². The van der Waals surface area contributed by atoms with Gasteiger partial charge >= 0.3 is 10.1 Å². The highest BCUT2D eigenvalue weighted by Crippen LogP contribution is 2.37. The van der Waals surface area contributed by atoms with E-state index in [2.05, 4.69) is 0 Å². The predicted octanol–water partition coefficient (Wildman–Crippen LogP) is 5.48. The molecule has 8 heteroatoms. The van der Waals surface area contributed by atoms with Crippen molar-refractivity contribution in [2.24, 2.45) is 0 Å². The molecule has 3 aromatic rings. The van der Waals surface area contributed by atoms with Crippen molar-refractivity contribution in [1.29, 1.82) is 0 Å². The average Bonchev–Trinajstić information content (AvgIpc) is 3.04. The zero-order chi connectivity index (χ0) is 22.9. The van der Waals surface area contributed by atoms with E-state index >= 15 is 0 Å². The summed E-state index contributed by atoms with van der Waals surface area (Å²) in [7, 11) is -4.03. The molecule has 0 saturated carbocycles.